The van der Waals surface area contributed by atoms with Gasteiger partial charge in [-0.05, 0) is 6.42 Å². The highest BCUT2D eigenvalue weighted by atomic mass is 17.3. The van der Waals surface area contributed by atoms with Gasteiger partial charge >= 0.3 is 0 Å². The van der Waals surface area contributed by atoms with Crippen LogP contribution in [0.4, 0.5) is 0 Å². The molecule has 12 heavy (non-hydrogen) atoms. The summed E-state index contributed by atoms with van der Waals surface area (Å²) in [5, 5.41) is 17.7. The van der Waals surface area contributed by atoms with Crippen LogP contribution in [0, 0.1) is 0 Å². The molecule has 0 saturated heterocycles. The lowest BCUT2D eigenvalue weighted by Gasteiger charge is -2.11. The first kappa shape index (κ1) is 10.8. The average Bonchev–Trinajstić information content (AvgIpc) is 2.06. The fourth-order valence-electron chi connectivity index (χ4n) is 0.412. The minimum Gasteiger partial charge on any atom is -0.514 e. The first-order chi connectivity index (χ1) is 5.85. The van der Waals surface area contributed by atoms with E-state index in [9.17, 15) is 0 Å². The summed E-state index contributed by atoms with van der Waals surface area (Å²) < 4.78 is 0. The molecule has 2 N–H and O–H groups in total. The second-order valence-electron chi connectivity index (χ2n) is 1.85. The second-order valence-corrected chi connectivity index (χ2v) is 1.85. The van der Waals surface area contributed by atoms with E-state index in [1.165, 1.54) is 12.4 Å². The highest BCUT2D eigenvalue weighted by Crippen LogP contribution is 1.94. The van der Waals surface area contributed by atoms with Crippen LogP contribution in [-0.4, -0.2) is 21.9 Å². The molecule has 0 atom stereocenters. The monoisotopic (exact) mass is 175 g/mol. The van der Waals surface area contributed by atoms with Crippen molar-refractivity contribution in [3.8, 4) is 0 Å². The van der Waals surface area contributed by atoms with E-state index in [-0.39, 0.29) is 0 Å². The van der Waals surface area contributed by atoms with E-state index in [1.807, 2.05) is 6.92 Å². The Morgan fingerprint density at radius 1 is 1.25 bits per heavy atom. The Bertz CT molecular complexity index is 134. The Morgan fingerprint density at radius 2 is 1.83 bits per heavy atom. The van der Waals surface area contributed by atoms with Crippen molar-refractivity contribution in [3.05, 3.63) is 24.9 Å². The van der Waals surface area contributed by atoms with Gasteiger partial charge in [-0.25, -0.2) is 4.89 Å². The lowest BCUT2D eigenvalue weighted by Crippen LogP contribution is -2.11. The zero-order chi connectivity index (χ0) is 9.23. The first-order valence-electron chi connectivity index (χ1n) is 3.54. The normalized spacial score (nSPS) is 11.4. The molecule has 0 saturated carbocycles. The maximum absolute atomic E-state index is 8.35. The Hall–Kier alpha value is -1.20. The van der Waals surface area contributed by atoms with Gasteiger partial charge in [-0.3, -0.25) is 0 Å². The van der Waals surface area contributed by atoms with E-state index in [2.05, 4.69) is 9.88 Å². The van der Waals surface area contributed by atoms with Crippen molar-refractivity contribution in [3.63, 3.8) is 0 Å². The van der Waals surface area contributed by atoms with E-state index in [0.29, 0.717) is 6.61 Å². The number of aliphatic hydroxyl groups excluding tert-OH is 2. The van der Waals surface area contributed by atoms with Crippen LogP contribution in [0.5, 0.6) is 0 Å². The third-order valence-electron chi connectivity index (χ3n) is 0.853. The third kappa shape index (κ3) is 5.57. The van der Waals surface area contributed by atoms with Crippen LogP contribution in [0.25, 0.3) is 0 Å². The molecular weight excluding hydrogens is 162 g/mol. The number of nitrogens with zero attached hydrogens (tertiary/aromatic N) is 1. The van der Waals surface area contributed by atoms with E-state index in [4.69, 9.17) is 10.2 Å². The third-order valence-corrected chi connectivity index (χ3v) is 0.853. The van der Waals surface area contributed by atoms with Crippen LogP contribution < -0.4 is 0 Å². The maximum atomic E-state index is 8.35. The van der Waals surface area contributed by atoms with Crippen LogP contribution in [0.2, 0.25) is 0 Å². The standard InChI is InChI=1S/C7H13NO4/c1-2-7-11-12-8(3-5-9)4-6-10/h3-6,9-10H,2,7H2,1H3. The van der Waals surface area contributed by atoms with Crippen molar-refractivity contribution >= 4 is 0 Å². The highest BCUT2D eigenvalue weighted by Gasteiger charge is 1.93. The number of rotatable bonds is 6. The van der Waals surface area contributed by atoms with E-state index >= 15 is 0 Å². The van der Waals surface area contributed by atoms with E-state index < -0.39 is 0 Å². The SMILES string of the molecule is CCCOON(C=CO)C=CO. The number of hydrogen-bond acceptors (Lipinski definition) is 5. The van der Waals surface area contributed by atoms with Crippen LogP contribution in [-0.2, 0) is 9.88 Å². The fourth-order valence-corrected chi connectivity index (χ4v) is 0.412. The molecule has 0 radical (unpaired) electrons. The van der Waals surface area contributed by atoms with Gasteiger partial charge in [0.05, 0.1) is 31.5 Å². The molecule has 5 nitrogen and oxygen atoms in total. The van der Waals surface area contributed by atoms with Crippen molar-refractivity contribution in [2.45, 2.75) is 13.3 Å². The Kier molecular flexibility index (Phi) is 7.11. The molecule has 0 bridgehead atoms. The van der Waals surface area contributed by atoms with Gasteiger partial charge in [-0.2, -0.15) is 5.06 Å². The number of hydrogen-bond donors (Lipinski definition) is 2. The molecule has 70 valence electrons. The molecule has 0 rings (SSSR count). The van der Waals surface area contributed by atoms with Crippen LogP contribution >= 0.6 is 0 Å². The van der Waals surface area contributed by atoms with Crippen molar-refractivity contribution in [2.75, 3.05) is 6.61 Å². The minimum absolute atomic E-state index is 0.440. The molecule has 0 aliphatic heterocycles. The van der Waals surface area contributed by atoms with Crippen molar-refractivity contribution in [1.82, 2.24) is 5.06 Å². The number of hydroxylamine groups is 2. The van der Waals surface area contributed by atoms with Crippen molar-refractivity contribution in [2.24, 2.45) is 0 Å². The van der Waals surface area contributed by atoms with Gasteiger partial charge in [-0.15, -0.1) is 4.99 Å². The van der Waals surface area contributed by atoms with Crippen LogP contribution in [0.15, 0.2) is 24.9 Å². The molecule has 0 amide bonds. The van der Waals surface area contributed by atoms with Gasteiger partial charge in [-0.1, -0.05) is 6.92 Å². The minimum atomic E-state index is 0.440. The molecule has 0 unspecified atom stereocenters. The number of aliphatic hydroxyl groups is 2. The predicted octanol–water partition coefficient (Wildman–Crippen LogP) is 1.62. The summed E-state index contributed by atoms with van der Waals surface area (Å²) in [7, 11) is 0. The van der Waals surface area contributed by atoms with Crippen LogP contribution in [0.1, 0.15) is 13.3 Å². The van der Waals surface area contributed by atoms with E-state index in [0.717, 1.165) is 24.0 Å². The quantitative estimate of drug-likeness (QED) is 0.278. The van der Waals surface area contributed by atoms with Crippen molar-refractivity contribution in [1.29, 1.82) is 0 Å². The molecular formula is C7H13NO4. The first-order valence-corrected chi connectivity index (χ1v) is 3.54. The summed E-state index contributed by atoms with van der Waals surface area (Å²) in [4.78, 5) is 9.25. The second kappa shape index (κ2) is 7.90. The zero-order valence-corrected chi connectivity index (χ0v) is 6.88. The lowest BCUT2D eigenvalue weighted by molar-refractivity contribution is -0.396. The molecule has 0 heterocycles. The van der Waals surface area contributed by atoms with Gasteiger partial charge < -0.3 is 10.2 Å². The van der Waals surface area contributed by atoms with Gasteiger partial charge in [0.2, 0.25) is 0 Å². The van der Waals surface area contributed by atoms with Gasteiger partial charge in [0.1, 0.15) is 0 Å². The molecule has 0 aromatic carbocycles. The van der Waals surface area contributed by atoms with Gasteiger partial charge in [0, 0.05) is 0 Å². The summed E-state index contributed by atoms with van der Waals surface area (Å²) in [6.07, 6.45) is 4.68. The van der Waals surface area contributed by atoms with Gasteiger partial charge in [0.15, 0.2) is 0 Å². The Labute approximate surface area is 71.0 Å². The largest absolute Gasteiger partial charge is 0.514 e. The van der Waals surface area contributed by atoms with Crippen molar-refractivity contribution < 1.29 is 20.1 Å². The average molecular weight is 175 g/mol. The summed E-state index contributed by atoms with van der Waals surface area (Å²) in [6.45, 7) is 2.37. The summed E-state index contributed by atoms with van der Waals surface area (Å²) in [5.74, 6) is 0. The Morgan fingerprint density at radius 3 is 2.25 bits per heavy atom. The molecule has 0 aliphatic carbocycles. The molecule has 0 spiro atoms. The predicted molar refractivity (Wildman–Crippen MR) is 42.7 cm³/mol. The molecule has 5 heteroatoms. The topological polar surface area (TPSA) is 62.2 Å². The summed E-state index contributed by atoms with van der Waals surface area (Å²) in [5.41, 5.74) is 0. The summed E-state index contributed by atoms with van der Waals surface area (Å²) >= 11 is 0. The van der Waals surface area contributed by atoms with E-state index in [1.54, 1.807) is 0 Å². The Balaban J connectivity index is 3.63. The fraction of sp³-hybridized carbons (Fsp3) is 0.429. The lowest BCUT2D eigenvalue weighted by atomic mass is 10.5. The summed E-state index contributed by atoms with van der Waals surface area (Å²) in [6, 6.07) is 0. The molecule has 0 aromatic heterocycles. The van der Waals surface area contributed by atoms with Crippen LogP contribution in [0.3, 0.4) is 0 Å². The molecule has 0 fully saturated rings. The maximum Gasteiger partial charge on any atom is 0.0980 e. The van der Waals surface area contributed by atoms with Gasteiger partial charge in [0.25, 0.3) is 0 Å². The smallest absolute Gasteiger partial charge is 0.0980 e. The zero-order valence-electron chi connectivity index (χ0n) is 6.88. The molecule has 0 aromatic rings. The highest BCUT2D eigenvalue weighted by molar-refractivity contribution is 4.77. The molecule has 0 aliphatic rings.